The second kappa shape index (κ2) is 7.61. The standard InChI is InChI=1S/C17H26N2O3/c1-13-9-14(5-6-16(13)18(2)3)11-19-7-8-22-15(12-19)10-17(20)21-4/h5-6,9,15H,7-8,10-12H2,1-4H3. The largest absolute Gasteiger partial charge is 0.469 e. The van der Waals surface area contributed by atoms with Crippen LogP contribution in [0.3, 0.4) is 0 Å². The van der Waals surface area contributed by atoms with Gasteiger partial charge in [-0.3, -0.25) is 9.69 Å². The Bertz CT molecular complexity index is 517. The van der Waals surface area contributed by atoms with Crippen molar-refractivity contribution in [3.8, 4) is 0 Å². The first-order chi connectivity index (χ1) is 10.5. The van der Waals surface area contributed by atoms with Gasteiger partial charge >= 0.3 is 5.97 Å². The van der Waals surface area contributed by atoms with Gasteiger partial charge in [0.05, 0.1) is 26.2 Å². The van der Waals surface area contributed by atoms with E-state index in [-0.39, 0.29) is 12.1 Å². The third-order valence-electron chi connectivity index (χ3n) is 3.99. The number of hydrogen-bond acceptors (Lipinski definition) is 5. The summed E-state index contributed by atoms with van der Waals surface area (Å²) in [7, 11) is 5.53. The molecule has 0 N–H and O–H groups in total. The third kappa shape index (κ3) is 4.45. The minimum Gasteiger partial charge on any atom is -0.469 e. The Balaban J connectivity index is 1.95. The fourth-order valence-electron chi connectivity index (χ4n) is 2.89. The van der Waals surface area contributed by atoms with E-state index in [0.717, 1.165) is 19.6 Å². The zero-order valence-electron chi connectivity index (χ0n) is 14.0. The van der Waals surface area contributed by atoms with Crippen LogP contribution < -0.4 is 4.90 Å². The first-order valence-electron chi connectivity index (χ1n) is 7.67. The maximum atomic E-state index is 11.4. The summed E-state index contributed by atoms with van der Waals surface area (Å²) in [4.78, 5) is 15.8. The van der Waals surface area contributed by atoms with E-state index in [9.17, 15) is 4.79 Å². The molecule has 1 aromatic carbocycles. The van der Waals surface area contributed by atoms with Gasteiger partial charge in [0.15, 0.2) is 0 Å². The normalized spacial score (nSPS) is 19.0. The minimum atomic E-state index is -0.210. The minimum absolute atomic E-state index is 0.0663. The molecule has 2 rings (SSSR count). The Morgan fingerprint density at radius 3 is 2.86 bits per heavy atom. The van der Waals surface area contributed by atoms with Crippen molar-refractivity contribution in [1.29, 1.82) is 0 Å². The molecule has 5 heteroatoms. The molecule has 1 aliphatic heterocycles. The van der Waals surface area contributed by atoms with Crippen LogP contribution in [0.1, 0.15) is 17.5 Å². The molecule has 1 unspecified atom stereocenters. The molecule has 0 radical (unpaired) electrons. The predicted molar refractivity (Wildman–Crippen MR) is 87.2 cm³/mol. The van der Waals surface area contributed by atoms with Gasteiger partial charge < -0.3 is 14.4 Å². The van der Waals surface area contributed by atoms with Crippen LogP contribution in [-0.4, -0.2) is 57.9 Å². The van der Waals surface area contributed by atoms with Crippen LogP contribution in [0.4, 0.5) is 5.69 Å². The summed E-state index contributed by atoms with van der Waals surface area (Å²) in [5.41, 5.74) is 3.82. The van der Waals surface area contributed by atoms with E-state index in [4.69, 9.17) is 9.47 Å². The molecule has 0 aliphatic carbocycles. The molecular weight excluding hydrogens is 280 g/mol. The number of rotatable bonds is 5. The quantitative estimate of drug-likeness (QED) is 0.776. The number of ether oxygens (including phenoxy) is 2. The molecule has 1 aliphatic rings. The van der Waals surface area contributed by atoms with Crippen molar-refractivity contribution in [3.63, 3.8) is 0 Å². The lowest BCUT2D eigenvalue weighted by Crippen LogP contribution is -2.42. The van der Waals surface area contributed by atoms with Gasteiger partial charge in [-0.25, -0.2) is 0 Å². The molecule has 122 valence electrons. The van der Waals surface area contributed by atoms with Crippen LogP contribution in [0.2, 0.25) is 0 Å². The van der Waals surface area contributed by atoms with Crippen LogP contribution in [0.25, 0.3) is 0 Å². The number of carbonyl (C=O) groups is 1. The van der Waals surface area contributed by atoms with E-state index >= 15 is 0 Å². The average Bonchev–Trinajstić information content (AvgIpc) is 2.47. The first-order valence-corrected chi connectivity index (χ1v) is 7.67. The Morgan fingerprint density at radius 1 is 1.45 bits per heavy atom. The summed E-state index contributed by atoms with van der Waals surface area (Å²) >= 11 is 0. The monoisotopic (exact) mass is 306 g/mol. The molecule has 5 nitrogen and oxygen atoms in total. The van der Waals surface area contributed by atoms with E-state index in [2.05, 4.69) is 49.0 Å². The summed E-state index contributed by atoms with van der Waals surface area (Å²) in [5.74, 6) is -0.210. The van der Waals surface area contributed by atoms with Gasteiger partial charge in [-0.1, -0.05) is 12.1 Å². The van der Waals surface area contributed by atoms with Crippen molar-refractivity contribution in [2.75, 3.05) is 45.8 Å². The van der Waals surface area contributed by atoms with Crippen LogP contribution in [0.5, 0.6) is 0 Å². The van der Waals surface area contributed by atoms with Crippen molar-refractivity contribution in [3.05, 3.63) is 29.3 Å². The molecule has 0 saturated carbocycles. The number of esters is 1. The fraction of sp³-hybridized carbons (Fsp3) is 0.588. The molecule has 1 heterocycles. The van der Waals surface area contributed by atoms with E-state index in [1.807, 2.05) is 0 Å². The topological polar surface area (TPSA) is 42.0 Å². The van der Waals surface area contributed by atoms with Crippen molar-refractivity contribution in [2.24, 2.45) is 0 Å². The summed E-state index contributed by atoms with van der Waals surface area (Å²) in [6, 6.07) is 6.57. The van der Waals surface area contributed by atoms with Crippen LogP contribution in [-0.2, 0) is 20.8 Å². The SMILES string of the molecule is COC(=O)CC1CN(Cc2ccc(N(C)C)c(C)c2)CCO1. The molecule has 1 saturated heterocycles. The highest BCUT2D eigenvalue weighted by Crippen LogP contribution is 2.21. The molecule has 0 aromatic heterocycles. The first kappa shape index (κ1) is 16.8. The zero-order chi connectivity index (χ0) is 16.1. The molecule has 1 fully saturated rings. The van der Waals surface area contributed by atoms with Gasteiger partial charge in [-0.15, -0.1) is 0 Å². The predicted octanol–water partition coefficient (Wildman–Crippen LogP) is 1.82. The molecule has 22 heavy (non-hydrogen) atoms. The highest BCUT2D eigenvalue weighted by atomic mass is 16.5. The Morgan fingerprint density at radius 2 is 2.23 bits per heavy atom. The number of benzene rings is 1. The van der Waals surface area contributed by atoms with Gasteiger partial charge in [0.25, 0.3) is 0 Å². The number of nitrogens with zero attached hydrogens (tertiary/aromatic N) is 2. The summed E-state index contributed by atoms with van der Waals surface area (Å²) in [6.07, 6.45) is 0.259. The third-order valence-corrected chi connectivity index (χ3v) is 3.99. The number of carbonyl (C=O) groups excluding carboxylic acids is 1. The molecule has 0 bridgehead atoms. The maximum absolute atomic E-state index is 11.4. The van der Waals surface area contributed by atoms with E-state index in [1.54, 1.807) is 0 Å². The van der Waals surface area contributed by atoms with Gasteiger partial charge in [0.1, 0.15) is 0 Å². The van der Waals surface area contributed by atoms with Gasteiger partial charge in [-0.2, -0.15) is 0 Å². The van der Waals surface area contributed by atoms with Crippen molar-refractivity contribution in [1.82, 2.24) is 4.90 Å². The highest BCUT2D eigenvalue weighted by molar-refractivity contribution is 5.69. The zero-order valence-corrected chi connectivity index (χ0v) is 14.0. The van der Waals surface area contributed by atoms with Crippen molar-refractivity contribution < 1.29 is 14.3 Å². The number of aryl methyl sites for hydroxylation is 1. The van der Waals surface area contributed by atoms with Gasteiger partial charge in [-0.05, 0) is 24.1 Å². The lowest BCUT2D eigenvalue weighted by molar-refractivity contribution is -0.145. The maximum Gasteiger partial charge on any atom is 0.308 e. The average molecular weight is 306 g/mol. The smallest absolute Gasteiger partial charge is 0.308 e. The van der Waals surface area contributed by atoms with Crippen molar-refractivity contribution >= 4 is 11.7 Å². The number of methoxy groups -OCH3 is 1. The molecule has 1 atom stereocenters. The Kier molecular flexibility index (Phi) is 5.80. The van der Waals surface area contributed by atoms with E-state index < -0.39 is 0 Å². The Hall–Kier alpha value is -1.59. The van der Waals surface area contributed by atoms with Gasteiger partial charge in [0, 0.05) is 39.4 Å². The van der Waals surface area contributed by atoms with E-state index in [0.29, 0.717) is 13.0 Å². The second-order valence-corrected chi connectivity index (χ2v) is 6.02. The number of morpholine rings is 1. The lowest BCUT2D eigenvalue weighted by Gasteiger charge is -2.32. The molecular formula is C17H26N2O3. The summed E-state index contributed by atoms with van der Waals surface area (Å²) in [5, 5.41) is 0. The molecule has 1 aromatic rings. The van der Waals surface area contributed by atoms with Crippen LogP contribution in [0.15, 0.2) is 18.2 Å². The summed E-state index contributed by atoms with van der Waals surface area (Å²) in [6.45, 7) is 5.35. The summed E-state index contributed by atoms with van der Waals surface area (Å²) < 4.78 is 10.4. The lowest BCUT2D eigenvalue weighted by atomic mass is 10.1. The second-order valence-electron chi connectivity index (χ2n) is 6.02. The van der Waals surface area contributed by atoms with Gasteiger partial charge in [0.2, 0.25) is 0 Å². The van der Waals surface area contributed by atoms with Crippen LogP contribution >= 0.6 is 0 Å². The van der Waals surface area contributed by atoms with Crippen LogP contribution in [0, 0.1) is 6.92 Å². The molecule has 0 amide bonds. The fourth-order valence-corrected chi connectivity index (χ4v) is 2.89. The highest BCUT2D eigenvalue weighted by Gasteiger charge is 2.23. The molecule has 0 spiro atoms. The number of hydrogen-bond donors (Lipinski definition) is 0. The number of anilines is 1. The Labute approximate surface area is 132 Å². The van der Waals surface area contributed by atoms with E-state index in [1.165, 1.54) is 23.9 Å². The van der Waals surface area contributed by atoms with Crippen molar-refractivity contribution in [2.45, 2.75) is 26.0 Å².